The summed E-state index contributed by atoms with van der Waals surface area (Å²) in [5.74, 6) is 0.533. The highest BCUT2D eigenvalue weighted by atomic mass is 14.1. The molecule has 5 aromatic rings. The van der Waals surface area contributed by atoms with Gasteiger partial charge in [-0.05, 0) is 73.8 Å². The molecule has 0 heteroatoms. The first-order chi connectivity index (χ1) is 15.2. The van der Waals surface area contributed by atoms with Crippen molar-refractivity contribution in [2.75, 3.05) is 0 Å². The molecule has 5 rings (SSSR count). The molecule has 0 aliphatic heterocycles. The summed E-state index contributed by atoms with van der Waals surface area (Å²) in [5, 5.41) is 2.56. The van der Waals surface area contributed by atoms with Crippen LogP contribution in [0.15, 0.2) is 115 Å². The lowest BCUT2D eigenvalue weighted by Gasteiger charge is -2.14. The summed E-state index contributed by atoms with van der Waals surface area (Å²) >= 11 is 0. The Morgan fingerprint density at radius 1 is 0.452 bits per heavy atom. The van der Waals surface area contributed by atoms with E-state index in [2.05, 4.69) is 129 Å². The molecule has 0 unspecified atom stereocenters. The monoisotopic (exact) mass is 398 g/mol. The number of hydrogen-bond donors (Lipinski definition) is 0. The Hall–Kier alpha value is -3.64. The van der Waals surface area contributed by atoms with Crippen LogP contribution in [-0.2, 0) is 0 Å². The van der Waals surface area contributed by atoms with Gasteiger partial charge in [0.25, 0.3) is 0 Å². The van der Waals surface area contributed by atoms with Gasteiger partial charge in [-0.3, -0.25) is 0 Å². The molecule has 0 aromatic heterocycles. The number of benzene rings is 5. The van der Waals surface area contributed by atoms with Crippen molar-refractivity contribution in [1.29, 1.82) is 0 Å². The zero-order valence-electron chi connectivity index (χ0n) is 18.0. The highest BCUT2D eigenvalue weighted by Gasteiger charge is 2.10. The van der Waals surface area contributed by atoms with Gasteiger partial charge in [0, 0.05) is 0 Å². The van der Waals surface area contributed by atoms with Crippen LogP contribution in [0.4, 0.5) is 0 Å². The van der Waals surface area contributed by atoms with Crippen LogP contribution in [-0.4, -0.2) is 0 Å². The van der Waals surface area contributed by atoms with E-state index in [-0.39, 0.29) is 0 Å². The van der Waals surface area contributed by atoms with Crippen molar-refractivity contribution in [3.05, 3.63) is 121 Å². The summed E-state index contributed by atoms with van der Waals surface area (Å²) in [6.07, 6.45) is 0. The second-order valence-electron chi connectivity index (χ2n) is 8.47. The SMILES string of the molecule is CC(C)c1ccc(-c2cc(-c3ccccc3)cc3ccc(-c4ccccc4)cc23)cc1. The van der Waals surface area contributed by atoms with Gasteiger partial charge >= 0.3 is 0 Å². The second kappa shape index (κ2) is 8.24. The second-order valence-corrected chi connectivity index (χ2v) is 8.47. The Bertz CT molecular complexity index is 1310. The third-order valence-electron chi connectivity index (χ3n) is 6.06. The minimum atomic E-state index is 0.533. The Morgan fingerprint density at radius 3 is 1.65 bits per heavy atom. The Morgan fingerprint density at radius 2 is 1.03 bits per heavy atom. The van der Waals surface area contributed by atoms with Gasteiger partial charge in [-0.1, -0.05) is 111 Å². The highest BCUT2D eigenvalue weighted by molar-refractivity contribution is 6.02. The van der Waals surface area contributed by atoms with E-state index in [0.717, 1.165) is 0 Å². The molecular formula is C31H26. The van der Waals surface area contributed by atoms with Crippen LogP contribution in [0.1, 0.15) is 25.3 Å². The highest BCUT2D eigenvalue weighted by Crippen LogP contribution is 2.36. The molecule has 0 nitrogen and oxygen atoms in total. The van der Waals surface area contributed by atoms with Gasteiger partial charge in [0.2, 0.25) is 0 Å². The topological polar surface area (TPSA) is 0 Å². The molecule has 0 N–H and O–H groups in total. The van der Waals surface area contributed by atoms with Crippen LogP contribution in [0, 0.1) is 0 Å². The maximum atomic E-state index is 2.34. The van der Waals surface area contributed by atoms with Crippen LogP contribution in [0.2, 0.25) is 0 Å². The van der Waals surface area contributed by atoms with E-state index in [0.29, 0.717) is 5.92 Å². The van der Waals surface area contributed by atoms with Crippen molar-refractivity contribution in [3.63, 3.8) is 0 Å². The van der Waals surface area contributed by atoms with Gasteiger partial charge in [-0.2, -0.15) is 0 Å². The van der Waals surface area contributed by atoms with Gasteiger partial charge in [0.1, 0.15) is 0 Å². The maximum absolute atomic E-state index is 2.34. The fraction of sp³-hybridized carbons (Fsp3) is 0.0968. The molecular weight excluding hydrogens is 372 g/mol. The van der Waals surface area contributed by atoms with Crippen LogP contribution in [0.25, 0.3) is 44.2 Å². The molecule has 0 atom stereocenters. The lowest BCUT2D eigenvalue weighted by molar-refractivity contribution is 0.867. The zero-order chi connectivity index (χ0) is 21.2. The zero-order valence-corrected chi connectivity index (χ0v) is 18.0. The van der Waals surface area contributed by atoms with Gasteiger partial charge in [0.15, 0.2) is 0 Å². The fourth-order valence-corrected chi connectivity index (χ4v) is 4.25. The van der Waals surface area contributed by atoms with E-state index >= 15 is 0 Å². The van der Waals surface area contributed by atoms with E-state index in [1.165, 1.54) is 49.7 Å². The molecule has 0 bridgehead atoms. The molecule has 0 spiro atoms. The lowest BCUT2D eigenvalue weighted by Crippen LogP contribution is -1.89. The standard InChI is InChI=1S/C31H26/c1-22(2)23-13-15-26(16-14-23)30-21-29(25-11-7-4-8-12-25)19-28-18-17-27(20-31(28)30)24-9-5-3-6-10-24/h3-22H,1-2H3. The van der Waals surface area contributed by atoms with Crippen LogP contribution < -0.4 is 0 Å². The molecule has 0 saturated heterocycles. The van der Waals surface area contributed by atoms with Crippen molar-refractivity contribution >= 4 is 10.8 Å². The number of fused-ring (bicyclic) bond motifs is 1. The Balaban J connectivity index is 1.74. The Kier molecular flexibility index (Phi) is 5.14. The normalized spacial score (nSPS) is 11.2. The predicted octanol–water partition coefficient (Wildman–Crippen LogP) is 8.96. The van der Waals surface area contributed by atoms with Crippen molar-refractivity contribution in [1.82, 2.24) is 0 Å². The van der Waals surface area contributed by atoms with Crippen molar-refractivity contribution in [3.8, 4) is 33.4 Å². The van der Waals surface area contributed by atoms with Crippen LogP contribution >= 0.6 is 0 Å². The summed E-state index contributed by atoms with van der Waals surface area (Å²) < 4.78 is 0. The van der Waals surface area contributed by atoms with Gasteiger partial charge in [-0.15, -0.1) is 0 Å². The predicted molar refractivity (Wildman–Crippen MR) is 134 cm³/mol. The molecule has 0 aliphatic rings. The van der Waals surface area contributed by atoms with Crippen molar-refractivity contribution in [2.24, 2.45) is 0 Å². The minimum Gasteiger partial charge on any atom is -0.0622 e. The first-order valence-corrected chi connectivity index (χ1v) is 11.0. The van der Waals surface area contributed by atoms with Gasteiger partial charge < -0.3 is 0 Å². The van der Waals surface area contributed by atoms with Gasteiger partial charge in [0.05, 0.1) is 0 Å². The molecule has 0 fully saturated rings. The third kappa shape index (κ3) is 3.90. The van der Waals surface area contributed by atoms with Crippen molar-refractivity contribution < 1.29 is 0 Å². The molecule has 0 aliphatic carbocycles. The molecule has 5 aromatic carbocycles. The molecule has 150 valence electrons. The smallest absolute Gasteiger partial charge is 0.00988 e. The largest absolute Gasteiger partial charge is 0.0622 e. The lowest BCUT2D eigenvalue weighted by atomic mass is 9.90. The van der Waals surface area contributed by atoms with Crippen molar-refractivity contribution in [2.45, 2.75) is 19.8 Å². The van der Waals surface area contributed by atoms with E-state index < -0.39 is 0 Å². The first kappa shape index (κ1) is 19.3. The summed E-state index contributed by atoms with van der Waals surface area (Å²) in [6.45, 7) is 4.49. The summed E-state index contributed by atoms with van der Waals surface area (Å²) in [4.78, 5) is 0. The minimum absolute atomic E-state index is 0.533. The quantitative estimate of drug-likeness (QED) is 0.283. The molecule has 0 saturated carbocycles. The van der Waals surface area contributed by atoms with E-state index in [4.69, 9.17) is 0 Å². The Labute approximate surface area is 184 Å². The van der Waals surface area contributed by atoms with Crippen LogP contribution in [0.3, 0.4) is 0 Å². The van der Waals surface area contributed by atoms with Crippen LogP contribution in [0.5, 0.6) is 0 Å². The maximum Gasteiger partial charge on any atom is -0.00988 e. The van der Waals surface area contributed by atoms with E-state index in [1.54, 1.807) is 0 Å². The number of hydrogen-bond acceptors (Lipinski definition) is 0. The summed E-state index contributed by atoms with van der Waals surface area (Å²) in [7, 11) is 0. The summed E-state index contributed by atoms with van der Waals surface area (Å²) in [5.41, 5.74) is 8.91. The fourth-order valence-electron chi connectivity index (χ4n) is 4.25. The first-order valence-electron chi connectivity index (χ1n) is 11.0. The van der Waals surface area contributed by atoms with E-state index in [9.17, 15) is 0 Å². The summed E-state index contributed by atoms with van der Waals surface area (Å²) in [6, 6.07) is 41.8. The van der Waals surface area contributed by atoms with Gasteiger partial charge in [-0.25, -0.2) is 0 Å². The molecule has 0 radical (unpaired) electrons. The number of rotatable bonds is 4. The average Bonchev–Trinajstić information content (AvgIpc) is 2.84. The third-order valence-corrected chi connectivity index (χ3v) is 6.06. The molecule has 31 heavy (non-hydrogen) atoms. The molecule has 0 heterocycles. The average molecular weight is 399 g/mol. The molecule has 0 amide bonds. The van der Waals surface area contributed by atoms with E-state index in [1.807, 2.05) is 0 Å².